The van der Waals surface area contributed by atoms with Gasteiger partial charge in [-0.25, -0.2) is 12.8 Å². The Kier molecular flexibility index (Phi) is 7.94. The largest absolute Gasteiger partial charge is 0.380 e. The quantitative estimate of drug-likeness (QED) is 0.466. The van der Waals surface area contributed by atoms with E-state index in [9.17, 15) is 22.8 Å². The molecule has 2 N–H and O–H groups in total. The van der Waals surface area contributed by atoms with Crippen LogP contribution in [0.3, 0.4) is 0 Å². The summed E-state index contributed by atoms with van der Waals surface area (Å²) in [5, 5.41) is 5.36. The molecule has 2 aromatic carbocycles. The Morgan fingerprint density at radius 1 is 1.05 bits per heavy atom. The fraction of sp³-hybridized carbons (Fsp3) is 0.464. The number of carbonyl (C=O) groups is 3. The zero-order chi connectivity index (χ0) is 28.6. The number of fused-ring (bicyclic) bond motifs is 1. The third kappa shape index (κ3) is 5.35. The van der Waals surface area contributed by atoms with Gasteiger partial charge in [0.2, 0.25) is 15.9 Å². The molecule has 3 amide bonds. The van der Waals surface area contributed by atoms with Gasteiger partial charge < -0.3 is 10.6 Å². The minimum Gasteiger partial charge on any atom is -0.380 e. The number of nitrogens with zero attached hydrogens (tertiary/aromatic N) is 3. The number of carbonyl (C=O) groups excluding carboxylic acids is 3. The van der Waals surface area contributed by atoms with Crippen LogP contribution in [0.1, 0.15) is 58.5 Å². The topological polar surface area (TPSA) is 119 Å². The first kappa shape index (κ1) is 28.2. The van der Waals surface area contributed by atoms with Crippen LogP contribution in [0.2, 0.25) is 0 Å². The Morgan fingerprint density at radius 2 is 1.80 bits per heavy atom. The standard InChI is InChI=1S/C28H34FN5O5S/c1-18(2)40(38,39)33-13-11-32(12-14-33)17-19-8-9-20(22(29)15-19)16-31-23-6-3-5-21-25(23)28(37)34(27(21)36)24-7-4-10-30-26(24)35/h3,5-6,8-9,15,18,24,31H,4,7,10-14,16-17H2,1-2H3,(H,30,35). The third-order valence-electron chi connectivity index (χ3n) is 7.79. The first-order valence-corrected chi connectivity index (χ1v) is 15.1. The second kappa shape index (κ2) is 11.3. The Hall–Kier alpha value is -3.35. The van der Waals surface area contributed by atoms with E-state index in [1.54, 1.807) is 38.1 Å². The van der Waals surface area contributed by atoms with Gasteiger partial charge in [-0.3, -0.25) is 24.2 Å². The van der Waals surface area contributed by atoms with Crippen molar-refractivity contribution in [1.29, 1.82) is 0 Å². The summed E-state index contributed by atoms with van der Waals surface area (Å²) in [6.07, 6.45) is 1.10. The fourth-order valence-electron chi connectivity index (χ4n) is 5.46. The lowest BCUT2D eigenvalue weighted by atomic mass is 10.1. The number of hydrogen-bond donors (Lipinski definition) is 2. The molecule has 12 heteroatoms. The van der Waals surface area contributed by atoms with E-state index in [2.05, 4.69) is 15.5 Å². The molecule has 10 nitrogen and oxygen atoms in total. The van der Waals surface area contributed by atoms with Crippen molar-refractivity contribution in [2.45, 2.75) is 51.1 Å². The van der Waals surface area contributed by atoms with Crippen LogP contribution < -0.4 is 10.6 Å². The SMILES string of the molecule is CC(C)S(=O)(=O)N1CCN(Cc2ccc(CNc3cccc4c3C(=O)N(C3CCCNC3=O)C4=O)c(F)c2)CC1. The number of amides is 3. The van der Waals surface area contributed by atoms with E-state index in [-0.39, 0.29) is 23.6 Å². The van der Waals surface area contributed by atoms with Crippen LogP contribution >= 0.6 is 0 Å². The maximum absolute atomic E-state index is 15.1. The van der Waals surface area contributed by atoms with Crippen LogP contribution in [0.5, 0.6) is 0 Å². The van der Waals surface area contributed by atoms with Crippen LogP contribution in [0.4, 0.5) is 10.1 Å². The van der Waals surface area contributed by atoms with Gasteiger partial charge in [-0.2, -0.15) is 4.31 Å². The zero-order valence-electron chi connectivity index (χ0n) is 22.7. The van der Waals surface area contributed by atoms with Gasteiger partial charge in [0.25, 0.3) is 11.8 Å². The highest BCUT2D eigenvalue weighted by molar-refractivity contribution is 7.89. The van der Waals surface area contributed by atoms with Crippen molar-refractivity contribution in [3.63, 3.8) is 0 Å². The fourth-order valence-corrected chi connectivity index (χ4v) is 6.73. The molecule has 0 saturated carbocycles. The number of piperidine rings is 1. The molecule has 3 heterocycles. The number of halogens is 1. The predicted octanol–water partition coefficient (Wildman–Crippen LogP) is 2.17. The van der Waals surface area contributed by atoms with Crippen molar-refractivity contribution in [2.24, 2.45) is 0 Å². The molecule has 3 aliphatic heterocycles. The summed E-state index contributed by atoms with van der Waals surface area (Å²) in [6, 6.07) is 9.05. The molecular formula is C28H34FN5O5S. The molecule has 1 unspecified atom stereocenters. The number of rotatable bonds is 8. The van der Waals surface area contributed by atoms with Crippen LogP contribution in [-0.2, 0) is 27.9 Å². The molecule has 214 valence electrons. The molecule has 0 aromatic heterocycles. The lowest BCUT2D eigenvalue weighted by Gasteiger charge is -2.34. The molecule has 0 aliphatic carbocycles. The molecular weight excluding hydrogens is 537 g/mol. The molecule has 0 spiro atoms. The summed E-state index contributed by atoms with van der Waals surface area (Å²) in [6.45, 7) is 6.45. The van der Waals surface area contributed by atoms with Crippen molar-refractivity contribution >= 4 is 33.4 Å². The van der Waals surface area contributed by atoms with Crippen molar-refractivity contribution in [3.8, 4) is 0 Å². The van der Waals surface area contributed by atoms with E-state index < -0.39 is 38.9 Å². The van der Waals surface area contributed by atoms with Gasteiger partial charge >= 0.3 is 0 Å². The van der Waals surface area contributed by atoms with Crippen molar-refractivity contribution in [3.05, 3.63) is 64.5 Å². The van der Waals surface area contributed by atoms with Gasteiger partial charge in [0.1, 0.15) is 11.9 Å². The van der Waals surface area contributed by atoms with Crippen molar-refractivity contribution in [2.75, 3.05) is 38.0 Å². The van der Waals surface area contributed by atoms with E-state index in [0.29, 0.717) is 63.4 Å². The average molecular weight is 572 g/mol. The minimum absolute atomic E-state index is 0.0969. The second-order valence-electron chi connectivity index (χ2n) is 10.7. The minimum atomic E-state index is -3.28. The van der Waals surface area contributed by atoms with Gasteiger partial charge in [0.15, 0.2) is 0 Å². The smallest absolute Gasteiger partial charge is 0.264 e. The van der Waals surface area contributed by atoms with E-state index in [0.717, 1.165) is 10.5 Å². The second-order valence-corrected chi connectivity index (χ2v) is 13.2. The predicted molar refractivity (Wildman–Crippen MR) is 148 cm³/mol. The highest BCUT2D eigenvalue weighted by atomic mass is 32.2. The van der Waals surface area contributed by atoms with Crippen molar-refractivity contribution in [1.82, 2.24) is 19.4 Å². The molecule has 1 atom stereocenters. The van der Waals surface area contributed by atoms with E-state index >= 15 is 4.39 Å². The number of hydrogen-bond acceptors (Lipinski definition) is 7. The van der Waals surface area contributed by atoms with Gasteiger partial charge in [-0.05, 0) is 50.5 Å². The Balaban J connectivity index is 1.22. The number of anilines is 1. The Morgan fingerprint density at radius 3 is 2.48 bits per heavy atom. The van der Waals surface area contributed by atoms with Crippen LogP contribution in [0, 0.1) is 5.82 Å². The van der Waals surface area contributed by atoms with Gasteiger partial charge in [0, 0.05) is 57.1 Å². The van der Waals surface area contributed by atoms with Crippen LogP contribution in [0.15, 0.2) is 36.4 Å². The van der Waals surface area contributed by atoms with Crippen LogP contribution in [0.25, 0.3) is 0 Å². The lowest BCUT2D eigenvalue weighted by Crippen LogP contribution is -2.52. The normalized spacial score (nSPS) is 20.6. The summed E-state index contributed by atoms with van der Waals surface area (Å²) in [7, 11) is -3.28. The molecule has 0 radical (unpaired) electrons. The molecule has 40 heavy (non-hydrogen) atoms. The Labute approximate surface area is 233 Å². The van der Waals surface area contributed by atoms with Gasteiger partial charge in [-0.15, -0.1) is 0 Å². The summed E-state index contributed by atoms with van der Waals surface area (Å²) in [5.74, 6) is -1.76. The highest BCUT2D eigenvalue weighted by Crippen LogP contribution is 2.32. The van der Waals surface area contributed by atoms with Gasteiger partial charge in [-0.1, -0.05) is 18.2 Å². The number of piperazine rings is 1. The molecule has 2 aromatic rings. The molecule has 2 saturated heterocycles. The summed E-state index contributed by atoms with van der Waals surface area (Å²) >= 11 is 0. The number of imide groups is 1. The number of nitrogens with one attached hydrogen (secondary N) is 2. The zero-order valence-corrected chi connectivity index (χ0v) is 23.5. The van der Waals surface area contributed by atoms with E-state index in [1.807, 2.05) is 6.07 Å². The average Bonchev–Trinajstić information content (AvgIpc) is 3.18. The monoisotopic (exact) mass is 571 g/mol. The molecule has 5 rings (SSSR count). The molecule has 3 aliphatic rings. The van der Waals surface area contributed by atoms with E-state index in [1.165, 1.54) is 10.4 Å². The Bertz CT molecular complexity index is 1440. The number of benzene rings is 2. The summed E-state index contributed by atoms with van der Waals surface area (Å²) in [4.78, 5) is 41.8. The third-order valence-corrected chi connectivity index (χ3v) is 10.1. The first-order chi connectivity index (χ1) is 19.1. The highest BCUT2D eigenvalue weighted by Gasteiger charge is 2.44. The number of sulfonamides is 1. The molecule has 2 fully saturated rings. The summed E-state index contributed by atoms with van der Waals surface area (Å²) < 4.78 is 41.4. The first-order valence-electron chi connectivity index (χ1n) is 13.6. The van der Waals surface area contributed by atoms with E-state index in [4.69, 9.17) is 0 Å². The maximum Gasteiger partial charge on any atom is 0.264 e. The summed E-state index contributed by atoms with van der Waals surface area (Å²) in [5.41, 5.74) is 2.01. The van der Waals surface area contributed by atoms with Gasteiger partial charge in [0.05, 0.1) is 16.4 Å². The maximum atomic E-state index is 15.1. The van der Waals surface area contributed by atoms with Crippen molar-refractivity contribution < 1.29 is 27.2 Å². The van der Waals surface area contributed by atoms with Crippen LogP contribution in [-0.4, -0.2) is 84.3 Å². The lowest BCUT2D eigenvalue weighted by molar-refractivity contribution is -0.126. The molecule has 0 bridgehead atoms.